The molecule has 8 nitrogen and oxygen atoms in total. The number of aromatic nitrogens is 3. The fourth-order valence-corrected chi connectivity index (χ4v) is 5.09. The summed E-state index contributed by atoms with van der Waals surface area (Å²) in [6, 6.07) is 11.4. The molecule has 2 aromatic carbocycles. The van der Waals surface area contributed by atoms with Crippen molar-refractivity contribution < 1.29 is 9.66 Å². The van der Waals surface area contributed by atoms with Crippen molar-refractivity contribution in [3.05, 3.63) is 75.6 Å². The van der Waals surface area contributed by atoms with Gasteiger partial charge in [-0.25, -0.2) is 4.98 Å². The number of hydrogen-bond acceptors (Lipinski definition) is 7. The minimum Gasteiger partial charge on any atom is -0.495 e. The Bertz CT molecular complexity index is 1460. The zero-order chi connectivity index (χ0) is 23.8. The first kappa shape index (κ1) is 22.0. The van der Waals surface area contributed by atoms with Gasteiger partial charge in [-0.15, -0.1) is 11.8 Å². The molecule has 0 unspecified atom stereocenters. The maximum absolute atomic E-state index is 11.6. The summed E-state index contributed by atoms with van der Waals surface area (Å²) >= 11 is 1.69. The van der Waals surface area contributed by atoms with E-state index in [1.807, 2.05) is 25.1 Å². The van der Waals surface area contributed by atoms with Crippen molar-refractivity contribution in [2.45, 2.75) is 25.2 Å². The molecule has 2 aromatic heterocycles. The van der Waals surface area contributed by atoms with Gasteiger partial charge in [-0.05, 0) is 37.1 Å². The van der Waals surface area contributed by atoms with Crippen molar-refractivity contribution in [2.75, 3.05) is 18.2 Å². The molecule has 9 heteroatoms. The number of aryl methyl sites for hydroxylation is 2. The van der Waals surface area contributed by atoms with Gasteiger partial charge in [0, 0.05) is 29.0 Å². The molecule has 34 heavy (non-hydrogen) atoms. The van der Waals surface area contributed by atoms with E-state index in [1.54, 1.807) is 24.9 Å². The Balaban J connectivity index is 1.67. The summed E-state index contributed by atoms with van der Waals surface area (Å²) in [7, 11) is 1.54. The number of anilines is 2. The summed E-state index contributed by atoms with van der Waals surface area (Å²) in [6.45, 7) is 3.96. The van der Waals surface area contributed by atoms with Crippen LogP contribution in [0, 0.1) is 17.0 Å². The predicted molar refractivity (Wildman–Crippen MR) is 136 cm³/mol. The van der Waals surface area contributed by atoms with Crippen LogP contribution in [0.3, 0.4) is 0 Å². The third-order valence-corrected chi connectivity index (χ3v) is 6.88. The number of methoxy groups -OCH3 is 1. The second kappa shape index (κ2) is 8.83. The number of nitrogens with one attached hydrogen (secondary N) is 1. The number of ether oxygens (including phenoxy) is 1. The monoisotopic (exact) mass is 473 g/mol. The molecule has 0 amide bonds. The van der Waals surface area contributed by atoms with E-state index in [1.165, 1.54) is 6.07 Å². The Morgan fingerprint density at radius 3 is 2.85 bits per heavy atom. The molecular formula is C25H23N5O3S. The zero-order valence-corrected chi connectivity index (χ0v) is 19.8. The molecule has 1 aliphatic rings. The van der Waals surface area contributed by atoms with Crippen molar-refractivity contribution in [1.29, 1.82) is 0 Å². The van der Waals surface area contributed by atoms with Crippen molar-refractivity contribution in [3.63, 3.8) is 0 Å². The molecule has 0 spiro atoms. The molecule has 0 aliphatic carbocycles. The van der Waals surface area contributed by atoms with Gasteiger partial charge < -0.3 is 10.1 Å². The van der Waals surface area contributed by atoms with Crippen molar-refractivity contribution >= 4 is 46.1 Å². The molecule has 1 N–H and O–H groups in total. The van der Waals surface area contributed by atoms with E-state index in [-0.39, 0.29) is 10.6 Å². The highest BCUT2D eigenvalue weighted by Crippen LogP contribution is 2.38. The van der Waals surface area contributed by atoms with Gasteiger partial charge in [-0.1, -0.05) is 31.2 Å². The van der Waals surface area contributed by atoms with Gasteiger partial charge in [-0.2, -0.15) is 4.98 Å². The Labute approximate surface area is 200 Å². The lowest BCUT2D eigenvalue weighted by molar-refractivity contribution is -0.385. The summed E-state index contributed by atoms with van der Waals surface area (Å²) in [5.41, 5.74) is 4.10. The topological polar surface area (TPSA) is 95.1 Å². The number of nitro benzene ring substituents is 1. The maximum Gasteiger partial charge on any atom is 0.274 e. The lowest BCUT2D eigenvalue weighted by atomic mass is 10.1. The molecule has 4 aromatic rings. The Morgan fingerprint density at radius 2 is 2.09 bits per heavy atom. The fraction of sp³-hybridized carbons (Fsp3) is 0.200. The Kier molecular flexibility index (Phi) is 5.70. The summed E-state index contributed by atoms with van der Waals surface area (Å²) in [5, 5.41) is 16.0. The number of nitrogens with zero attached hydrogens (tertiary/aromatic N) is 4. The molecule has 0 saturated carbocycles. The van der Waals surface area contributed by atoms with Gasteiger partial charge in [0.15, 0.2) is 5.82 Å². The largest absolute Gasteiger partial charge is 0.495 e. The SMILES string of the molecule is CCc1cc(OC)c(Nc2nc3c(c(-n4cc(C)c5ccccc54)n2)SCC=C3)cc1[N+](=O)[O-]. The van der Waals surface area contributed by atoms with Gasteiger partial charge in [0.2, 0.25) is 5.95 Å². The van der Waals surface area contributed by atoms with E-state index >= 15 is 0 Å². The minimum atomic E-state index is -0.378. The average Bonchev–Trinajstić information content (AvgIpc) is 3.19. The van der Waals surface area contributed by atoms with Crippen molar-refractivity contribution in [2.24, 2.45) is 0 Å². The number of thioether (sulfide) groups is 1. The van der Waals surface area contributed by atoms with Gasteiger partial charge >= 0.3 is 0 Å². The van der Waals surface area contributed by atoms with Crippen LogP contribution in [0.5, 0.6) is 5.75 Å². The second-order valence-corrected chi connectivity index (χ2v) is 8.94. The van der Waals surface area contributed by atoms with Gasteiger partial charge in [-0.3, -0.25) is 14.7 Å². The van der Waals surface area contributed by atoms with Crippen LogP contribution < -0.4 is 10.1 Å². The van der Waals surface area contributed by atoms with Crippen molar-refractivity contribution in [3.8, 4) is 11.6 Å². The lowest BCUT2D eigenvalue weighted by Crippen LogP contribution is -2.09. The van der Waals surface area contributed by atoms with Crippen LogP contribution in [0.2, 0.25) is 0 Å². The van der Waals surface area contributed by atoms with Crippen molar-refractivity contribution in [1.82, 2.24) is 14.5 Å². The highest BCUT2D eigenvalue weighted by molar-refractivity contribution is 7.99. The third-order valence-electron chi connectivity index (χ3n) is 5.84. The quantitative estimate of drug-likeness (QED) is 0.268. The number of fused-ring (bicyclic) bond motifs is 2. The molecule has 5 rings (SSSR count). The first-order valence-corrected chi connectivity index (χ1v) is 11.9. The fourth-order valence-electron chi connectivity index (χ4n) is 4.19. The van der Waals surface area contributed by atoms with E-state index < -0.39 is 0 Å². The molecule has 0 radical (unpaired) electrons. The second-order valence-electron chi connectivity index (χ2n) is 7.91. The number of nitro groups is 1. The van der Waals surface area contributed by atoms with Crippen LogP contribution in [0.15, 0.2) is 53.6 Å². The van der Waals surface area contributed by atoms with Crippen LogP contribution in [0.25, 0.3) is 22.8 Å². The number of para-hydroxylation sites is 1. The molecule has 0 bridgehead atoms. The first-order chi connectivity index (χ1) is 16.5. The molecule has 0 fully saturated rings. The third kappa shape index (κ3) is 3.77. The van der Waals surface area contributed by atoms with E-state index in [2.05, 4.69) is 41.2 Å². The lowest BCUT2D eigenvalue weighted by Gasteiger charge is -2.18. The Morgan fingerprint density at radius 1 is 1.26 bits per heavy atom. The number of rotatable bonds is 6. The highest BCUT2D eigenvalue weighted by atomic mass is 32.2. The summed E-state index contributed by atoms with van der Waals surface area (Å²) < 4.78 is 7.61. The van der Waals surface area contributed by atoms with Gasteiger partial charge in [0.25, 0.3) is 5.69 Å². The van der Waals surface area contributed by atoms with E-state index in [9.17, 15) is 10.1 Å². The molecule has 172 valence electrons. The maximum atomic E-state index is 11.6. The van der Waals surface area contributed by atoms with Crippen LogP contribution in [-0.4, -0.2) is 32.3 Å². The van der Waals surface area contributed by atoms with Crippen LogP contribution in [0.4, 0.5) is 17.3 Å². The summed E-state index contributed by atoms with van der Waals surface area (Å²) in [5.74, 6) is 2.45. The van der Waals surface area contributed by atoms with Gasteiger partial charge in [0.05, 0.1) is 33.8 Å². The normalized spacial score (nSPS) is 12.6. The predicted octanol–water partition coefficient (Wildman–Crippen LogP) is 6.07. The first-order valence-electron chi connectivity index (χ1n) is 10.9. The minimum absolute atomic E-state index is 0.0338. The van der Waals surface area contributed by atoms with Crippen LogP contribution >= 0.6 is 11.8 Å². The smallest absolute Gasteiger partial charge is 0.274 e. The number of benzene rings is 2. The van der Waals surface area contributed by atoms with E-state index in [0.29, 0.717) is 29.4 Å². The standard InChI is InChI=1S/C25H23N5O3S/c1-4-16-12-22(33-3)19(13-21(16)30(31)32)27-25-26-18-9-7-11-34-23(18)24(28-25)29-14-15(2)17-8-5-6-10-20(17)29/h5-10,12-14H,4,11H2,1-3H3,(H,26,27,28). The average molecular weight is 474 g/mol. The van der Waals surface area contributed by atoms with E-state index in [4.69, 9.17) is 14.7 Å². The highest BCUT2D eigenvalue weighted by Gasteiger charge is 2.22. The summed E-state index contributed by atoms with van der Waals surface area (Å²) in [4.78, 5) is 21.8. The van der Waals surface area contributed by atoms with Gasteiger partial charge in [0.1, 0.15) is 5.75 Å². The Hall–Kier alpha value is -3.85. The van der Waals surface area contributed by atoms with Crippen LogP contribution in [0.1, 0.15) is 23.7 Å². The molecule has 1 aliphatic heterocycles. The molecule has 0 saturated heterocycles. The molecule has 0 atom stereocenters. The number of hydrogen-bond donors (Lipinski definition) is 1. The zero-order valence-electron chi connectivity index (χ0n) is 19.0. The molecule has 3 heterocycles. The van der Waals surface area contributed by atoms with E-state index in [0.717, 1.165) is 38.6 Å². The molecular weight excluding hydrogens is 450 g/mol. The summed E-state index contributed by atoms with van der Waals surface area (Å²) in [6.07, 6.45) is 6.65. The van der Waals surface area contributed by atoms with Crippen LogP contribution in [-0.2, 0) is 6.42 Å².